The molecule has 0 saturated heterocycles. The number of nitrogens with zero attached hydrogens (tertiary/aromatic N) is 1. The number of carbonyl (C=O) groups is 1. The summed E-state index contributed by atoms with van der Waals surface area (Å²) in [4.78, 5) is 11.3. The van der Waals surface area contributed by atoms with Crippen molar-refractivity contribution < 1.29 is 9.53 Å². The number of esters is 1. The second-order valence-electron chi connectivity index (χ2n) is 2.55. The number of ether oxygens (including phenoxy) is 1. The van der Waals surface area contributed by atoms with E-state index in [2.05, 4.69) is 10.1 Å². The van der Waals surface area contributed by atoms with Crippen molar-refractivity contribution in [1.29, 1.82) is 5.26 Å². The van der Waals surface area contributed by atoms with Crippen molar-refractivity contribution in [3.05, 3.63) is 29.8 Å². The third-order valence-electron chi connectivity index (χ3n) is 1.69. The van der Waals surface area contributed by atoms with Crippen molar-refractivity contribution in [2.24, 2.45) is 0 Å². The highest BCUT2D eigenvalue weighted by Gasteiger charge is 2.09. The molecule has 0 bridgehead atoms. The lowest BCUT2D eigenvalue weighted by molar-refractivity contribution is 0.0602. The third kappa shape index (κ3) is 2.23. The summed E-state index contributed by atoms with van der Waals surface area (Å²) in [6, 6.07) is 8.83. The van der Waals surface area contributed by atoms with Gasteiger partial charge in [0.1, 0.15) is 6.54 Å². The first-order valence-corrected chi connectivity index (χ1v) is 4.07. The minimum absolute atomic E-state index is 0.161. The number of hydrogen-bond acceptors (Lipinski definition) is 4. The standard InChI is InChI=1S/C10H10N2O2/c1-14-10(13)8-4-2-3-5-9(8)12-7-6-11/h2-5,12H,7H2,1H3. The van der Waals surface area contributed by atoms with Crippen molar-refractivity contribution in [2.75, 3.05) is 19.0 Å². The summed E-state index contributed by atoms with van der Waals surface area (Å²) in [6.07, 6.45) is 0. The second kappa shape index (κ2) is 4.87. The Kier molecular flexibility index (Phi) is 3.50. The van der Waals surface area contributed by atoms with Crippen LogP contribution in [-0.2, 0) is 4.74 Å². The molecular weight excluding hydrogens is 180 g/mol. The lowest BCUT2D eigenvalue weighted by Gasteiger charge is -2.07. The lowest BCUT2D eigenvalue weighted by Crippen LogP contribution is -2.07. The molecule has 1 aromatic rings. The molecule has 1 aromatic carbocycles. The Hall–Kier alpha value is -2.02. The Morgan fingerprint density at radius 3 is 2.93 bits per heavy atom. The summed E-state index contributed by atoms with van der Waals surface area (Å²) in [7, 11) is 1.32. The first-order valence-electron chi connectivity index (χ1n) is 4.07. The number of carbonyl (C=O) groups excluding carboxylic acids is 1. The molecule has 0 aliphatic heterocycles. The van der Waals surface area contributed by atoms with Gasteiger partial charge < -0.3 is 10.1 Å². The summed E-state index contributed by atoms with van der Waals surface area (Å²) < 4.78 is 4.60. The SMILES string of the molecule is COC(=O)c1ccccc1NCC#N. The molecule has 0 fully saturated rings. The van der Waals surface area contributed by atoms with Gasteiger partial charge in [-0.15, -0.1) is 0 Å². The molecule has 1 rings (SSSR count). The van der Waals surface area contributed by atoms with Crippen LogP contribution in [0.2, 0.25) is 0 Å². The number of nitrogens with one attached hydrogen (secondary N) is 1. The van der Waals surface area contributed by atoms with Gasteiger partial charge in [-0.05, 0) is 12.1 Å². The van der Waals surface area contributed by atoms with E-state index >= 15 is 0 Å². The molecule has 14 heavy (non-hydrogen) atoms. The molecule has 0 aromatic heterocycles. The zero-order chi connectivity index (χ0) is 10.4. The average molecular weight is 190 g/mol. The van der Waals surface area contributed by atoms with E-state index in [9.17, 15) is 4.79 Å². The van der Waals surface area contributed by atoms with Gasteiger partial charge in [-0.2, -0.15) is 5.26 Å². The van der Waals surface area contributed by atoms with Gasteiger partial charge in [-0.25, -0.2) is 4.79 Å². The molecule has 0 amide bonds. The molecule has 0 unspecified atom stereocenters. The number of nitriles is 1. The monoisotopic (exact) mass is 190 g/mol. The average Bonchev–Trinajstić information content (AvgIpc) is 2.25. The van der Waals surface area contributed by atoms with Crippen LogP contribution in [0.15, 0.2) is 24.3 Å². The first-order chi connectivity index (χ1) is 6.79. The summed E-state index contributed by atoms with van der Waals surface area (Å²) in [5.41, 5.74) is 1.05. The van der Waals surface area contributed by atoms with Gasteiger partial charge in [0.15, 0.2) is 0 Å². The van der Waals surface area contributed by atoms with Crippen molar-refractivity contribution in [3.8, 4) is 6.07 Å². The van der Waals surface area contributed by atoms with E-state index in [1.165, 1.54) is 7.11 Å². The van der Waals surface area contributed by atoms with Crippen LogP contribution >= 0.6 is 0 Å². The van der Waals surface area contributed by atoms with E-state index < -0.39 is 5.97 Å². The Morgan fingerprint density at radius 2 is 2.29 bits per heavy atom. The fourth-order valence-electron chi connectivity index (χ4n) is 1.06. The highest BCUT2D eigenvalue weighted by molar-refractivity contribution is 5.95. The maximum Gasteiger partial charge on any atom is 0.339 e. The first kappa shape index (κ1) is 10.1. The maximum atomic E-state index is 11.3. The highest BCUT2D eigenvalue weighted by Crippen LogP contribution is 2.15. The van der Waals surface area contributed by atoms with Crippen LogP contribution in [0, 0.1) is 11.3 Å². The minimum atomic E-state index is -0.411. The van der Waals surface area contributed by atoms with E-state index in [0.717, 1.165) is 0 Å². The Balaban J connectivity index is 2.92. The van der Waals surface area contributed by atoms with E-state index in [1.54, 1.807) is 24.3 Å². The van der Waals surface area contributed by atoms with Crippen LogP contribution in [0.25, 0.3) is 0 Å². The summed E-state index contributed by atoms with van der Waals surface area (Å²) in [5, 5.41) is 11.2. The van der Waals surface area contributed by atoms with E-state index in [0.29, 0.717) is 11.3 Å². The minimum Gasteiger partial charge on any atom is -0.465 e. The Bertz CT molecular complexity index is 369. The summed E-state index contributed by atoms with van der Waals surface area (Å²) in [5.74, 6) is -0.411. The number of hydrogen-bond donors (Lipinski definition) is 1. The molecule has 0 saturated carbocycles. The molecule has 4 nitrogen and oxygen atoms in total. The molecule has 0 spiro atoms. The number of para-hydroxylation sites is 1. The molecule has 0 radical (unpaired) electrons. The van der Waals surface area contributed by atoms with Gasteiger partial charge in [0.2, 0.25) is 0 Å². The molecule has 0 aliphatic carbocycles. The van der Waals surface area contributed by atoms with Gasteiger partial charge in [-0.1, -0.05) is 12.1 Å². The lowest BCUT2D eigenvalue weighted by atomic mass is 10.2. The van der Waals surface area contributed by atoms with Gasteiger partial charge in [0.25, 0.3) is 0 Å². The normalized spacial score (nSPS) is 8.86. The zero-order valence-corrected chi connectivity index (χ0v) is 7.78. The van der Waals surface area contributed by atoms with Crippen molar-refractivity contribution in [3.63, 3.8) is 0 Å². The second-order valence-corrected chi connectivity index (χ2v) is 2.55. The molecule has 1 N–H and O–H groups in total. The predicted octanol–water partition coefficient (Wildman–Crippen LogP) is 1.41. The fourth-order valence-corrected chi connectivity index (χ4v) is 1.06. The number of methoxy groups -OCH3 is 1. The van der Waals surface area contributed by atoms with Crippen LogP contribution in [-0.4, -0.2) is 19.6 Å². The largest absolute Gasteiger partial charge is 0.465 e. The van der Waals surface area contributed by atoms with Crippen LogP contribution in [0.4, 0.5) is 5.69 Å². The molecule has 4 heteroatoms. The van der Waals surface area contributed by atoms with Crippen LogP contribution < -0.4 is 5.32 Å². The van der Waals surface area contributed by atoms with Crippen LogP contribution in [0.1, 0.15) is 10.4 Å². The topological polar surface area (TPSA) is 62.1 Å². The highest BCUT2D eigenvalue weighted by atomic mass is 16.5. The predicted molar refractivity (Wildman–Crippen MR) is 51.9 cm³/mol. The maximum absolute atomic E-state index is 11.3. The smallest absolute Gasteiger partial charge is 0.339 e. The molecule has 0 heterocycles. The van der Waals surface area contributed by atoms with Gasteiger partial charge in [0.05, 0.1) is 18.7 Å². The van der Waals surface area contributed by atoms with Crippen molar-refractivity contribution >= 4 is 11.7 Å². The van der Waals surface area contributed by atoms with E-state index in [4.69, 9.17) is 5.26 Å². The zero-order valence-electron chi connectivity index (χ0n) is 7.78. The number of anilines is 1. The molecular formula is C10H10N2O2. The third-order valence-corrected chi connectivity index (χ3v) is 1.69. The van der Waals surface area contributed by atoms with Crippen LogP contribution in [0.5, 0.6) is 0 Å². The van der Waals surface area contributed by atoms with Gasteiger partial charge >= 0.3 is 5.97 Å². The Labute approximate surface area is 82.1 Å². The van der Waals surface area contributed by atoms with E-state index in [1.807, 2.05) is 6.07 Å². The van der Waals surface area contributed by atoms with Crippen molar-refractivity contribution in [1.82, 2.24) is 0 Å². The summed E-state index contributed by atoms with van der Waals surface area (Å²) >= 11 is 0. The number of benzene rings is 1. The summed E-state index contributed by atoms with van der Waals surface area (Å²) in [6.45, 7) is 0.161. The molecule has 72 valence electrons. The Morgan fingerprint density at radius 1 is 1.57 bits per heavy atom. The van der Waals surface area contributed by atoms with Crippen molar-refractivity contribution in [2.45, 2.75) is 0 Å². The molecule has 0 aliphatic rings. The molecule has 0 atom stereocenters. The number of rotatable bonds is 3. The van der Waals surface area contributed by atoms with Gasteiger partial charge in [0, 0.05) is 5.69 Å². The van der Waals surface area contributed by atoms with E-state index in [-0.39, 0.29) is 6.54 Å². The quantitative estimate of drug-likeness (QED) is 0.578. The van der Waals surface area contributed by atoms with Gasteiger partial charge in [-0.3, -0.25) is 0 Å². The fraction of sp³-hybridized carbons (Fsp3) is 0.200. The van der Waals surface area contributed by atoms with Crippen LogP contribution in [0.3, 0.4) is 0 Å².